The lowest BCUT2D eigenvalue weighted by Gasteiger charge is -2.04. The van der Waals surface area contributed by atoms with Gasteiger partial charge in [0.2, 0.25) is 0 Å². The summed E-state index contributed by atoms with van der Waals surface area (Å²) in [5.74, 6) is 0.785. The van der Waals surface area contributed by atoms with E-state index in [-0.39, 0.29) is 6.54 Å². The first-order valence-electron chi connectivity index (χ1n) is 4.47. The van der Waals surface area contributed by atoms with Crippen molar-refractivity contribution in [1.82, 2.24) is 0 Å². The molecule has 1 atom stereocenters. The van der Waals surface area contributed by atoms with E-state index in [0.717, 1.165) is 11.3 Å². The molecule has 0 aliphatic carbocycles. The summed E-state index contributed by atoms with van der Waals surface area (Å²) in [7, 11) is 1.62. The van der Waals surface area contributed by atoms with Crippen LogP contribution in [0.25, 0.3) is 6.08 Å². The van der Waals surface area contributed by atoms with Crippen LogP contribution < -0.4 is 10.5 Å². The van der Waals surface area contributed by atoms with Crippen LogP contribution in [0.15, 0.2) is 30.3 Å². The minimum atomic E-state index is -0.597. The summed E-state index contributed by atoms with van der Waals surface area (Å²) in [5.41, 5.74) is 6.21. The van der Waals surface area contributed by atoms with Crippen molar-refractivity contribution in [2.24, 2.45) is 5.73 Å². The third-order valence-corrected chi connectivity index (χ3v) is 1.88. The van der Waals surface area contributed by atoms with Crippen LogP contribution in [0.2, 0.25) is 0 Å². The molecule has 3 N–H and O–H groups in total. The largest absolute Gasteiger partial charge is 0.496 e. The van der Waals surface area contributed by atoms with Gasteiger partial charge in [-0.25, -0.2) is 0 Å². The van der Waals surface area contributed by atoms with Gasteiger partial charge in [-0.15, -0.1) is 0 Å². The molecule has 0 saturated carbocycles. The zero-order valence-electron chi connectivity index (χ0n) is 8.18. The van der Waals surface area contributed by atoms with Gasteiger partial charge in [-0.3, -0.25) is 0 Å². The van der Waals surface area contributed by atoms with Crippen molar-refractivity contribution in [2.45, 2.75) is 6.10 Å². The van der Waals surface area contributed by atoms with Gasteiger partial charge < -0.3 is 15.6 Å². The summed E-state index contributed by atoms with van der Waals surface area (Å²) in [5, 5.41) is 9.23. The Morgan fingerprint density at radius 1 is 1.50 bits per heavy atom. The molecule has 0 heterocycles. The zero-order chi connectivity index (χ0) is 10.4. The number of aliphatic hydroxyl groups excluding tert-OH is 1. The van der Waals surface area contributed by atoms with Crippen LogP contribution in [-0.2, 0) is 0 Å². The van der Waals surface area contributed by atoms with E-state index in [0.29, 0.717) is 0 Å². The molecule has 0 spiro atoms. The summed E-state index contributed by atoms with van der Waals surface area (Å²) in [6.07, 6.45) is 2.86. The molecule has 76 valence electrons. The minimum Gasteiger partial charge on any atom is -0.496 e. The lowest BCUT2D eigenvalue weighted by atomic mass is 10.1. The molecular weight excluding hydrogens is 178 g/mol. The molecule has 0 unspecified atom stereocenters. The number of benzene rings is 1. The number of rotatable bonds is 4. The molecule has 0 aromatic heterocycles. The molecule has 0 amide bonds. The van der Waals surface area contributed by atoms with Crippen LogP contribution in [-0.4, -0.2) is 24.9 Å². The molecular formula is C11H15NO2. The number of hydrogen-bond donors (Lipinski definition) is 2. The third-order valence-electron chi connectivity index (χ3n) is 1.88. The standard InChI is InChI=1S/C11H15NO2/c1-14-11-5-3-2-4-9(11)6-7-10(13)8-12/h2-7,10,13H,8,12H2,1H3/b7-6+/t10-/m1/s1. The van der Waals surface area contributed by atoms with E-state index in [2.05, 4.69) is 0 Å². The maximum absolute atomic E-state index is 9.23. The fourth-order valence-electron chi connectivity index (χ4n) is 1.10. The Morgan fingerprint density at radius 3 is 2.86 bits per heavy atom. The van der Waals surface area contributed by atoms with Gasteiger partial charge in [-0.05, 0) is 6.07 Å². The molecule has 0 fully saturated rings. The molecule has 0 saturated heterocycles. The summed E-state index contributed by atoms with van der Waals surface area (Å²) in [6, 6.07) is 7.60. The number of ether oxygens (including phenoxy) is 1. The van der Waals surface area contributed by atoms with Gasteiger partial charge in [0.25, 0.3) is 0 Å². The number of methoxy groups -OCH3 is 1. The van der Waals surface area contributed by atoms with Crippen molar-refractivity contribution < 1.29 is 9.84 Å². The maximum atomic E-state index is 9.23. The number of hydrogen-bond acceptors (Lipinski definition) is 3. The van der Waals surface area contributed by atoms with Gasteiger partial charge in [0.1, 0.15) is 5.75 Å². The van der Waals surface area contributed by atoms with E-state index in [1.807, 2.05) is 24.3 Å². The van der Waals surface area contributed by atoms with E-state index < -0.39 is 6.10 Å². The van der Waals surface area contributed by atoms with Crippen molar-refractivity contribution >= 4 is 6.08 Å². The molecule has 0 aliphatic heterocycles. The quantitative estimate of drug-likeness (QED) is 0.750. The van der Waals surface area contributed by atoms with Crippen molar-refractivity contribution in [3.05, 3.63) is 35.9 Å². The third kappa shape index (κ3) is 2.87. The molecule has 1 aromatic rings. The Morgan fingerprint density at radius 2 is 2.21 bits per heavy atom. The van der Waals surface area contributed by atoms with Crippen LogP contribution in [0.3, 0.4) is 0 Å². The Hall–Kier alpha value is -1.32. The van der Waals surface area contributed by atoms with Gasteiger partial charge in [0, 0.05) is 12.1 Å². The van der Waals surface area contributed by atoms with Gasteiger partial charge in [0.15, 0.2) is 0 Å². The van der Waals surface area contributed by atoms with Crippen molar-refractivity contribution in [2.75, 3.05) is 13.7 Å². The summed E-state index contributed by atoms with van der Waals surface area (Å²) >= 11 is 0. The first-order chi connectivity index (χ1) is 6.77. The minimum absolute atomic E-state index is 0.228. The number of aliphatic hydroxyl groups is 1. The Bertz CT molecular complexity index is 310. The Labute approximate surface area is 83.8 Å². The van der Waals surface area contributed by atoms with E-state index in [1.54, 1.807) is 19.3 Å². The molecule has 1 rings (SSSR count). The summed E-state index contributed by atoms with van der Waals surface area (Å²) < 4.78 is 5.15. The molecule has 0 radical (unpaired) electrons. The highest BCUT2D eigenvalue weighted by atomic mass is 16.5. The molecule has 14 heavy (non-hydrogen) atoms. The second kappa shape index (κ2) is 5.42. The van der Waals surface area contributed by atoms with Crippen LogP contribution in [0.5, 0.6) is 5.75 Å². The topological polar surface area (TPSA) is 55.5 Å². The molecule has 3 heteroatoms. The Kier molecular flexibility index (Phi) is 4.16. The molecule has 3 nitrogen and oxygen atoms in total. The lowest BCUT2D eigenvalue weighted by molar-refractivity contribution is 0.232. The molecule has 0 aliphatic rings. The molecule has 0 bridgehead atoms. The van der Waals surface area contributed by atoms with Gasteiger partial charge in [-0.2, -0.15) is 0 Å². The van der Waals surface area contributed by atoms with Crippen LogP contribution in [0, 0.1) is 0 Å². The zero-order valence-corrected chi connectivity index (χ0v) is 8.18. The maximum Gasteiger partial charge on any atom is 0.126 e. The highest BCUT2D eigenvalue weighted by Gasteiger charge is 1.98. The number of para-hydroxylation sites is 1. The summed E-state index contributed by atoms with van der Waals surface area (Å²) in [6.45, 7) is 0.228. The van der Waals surface area contributed by atoms with Crippen LogP contribution in [0.4, 0.5) is 0 Å². The highest BCUT2D eigenvalue weighted by Crippen LogP contribution is 2.18. The van der Waals surface area contributed by atoms with Gasteiger partial charge in [0.05, 0.1) is 13.2 Å². The van der Waals surface area contributed by atoms with Crippen molar-refractivity contribution in [3.63, 3.8) is 0 Å². The van der Waals surface area contributed by atoms with E-state index in [1.165, 1.54) is 0 Å². The predicted molar refractivity (Wildman–Crippen MR) is 57.1 cm³/mol. The normalized spacial score (nSPS) is 13.1. The second-order valence-corrected chi connectivity index (χ2v) is 2.90. The predicted octanol–water partition coefficient (Wildman–Crippen LogP) is 1.03. The van der Waals surface area contributed by atoms with Crippen LogP contribution in [0.1, 0.15) is 5.56 Å². The van der Waals surface area contributed by atoms with E-state index >= 15 is 0 Å². The first-order valence-corrected chi connectivity index (χ1v) is 4.47. The Balaban J connectivity index is 2.80. The van der Waals surface area contributed by atoms with Gasteiger partial charge >= 0.3 is 0 Å². The monoisotopic (exact) mass is 193 g/mol. The average molecular weight is 193 g/mol. The second-order valence-electron chi connectivity index (χ2n) is 2.90. The van der Waals surface area contributed by atoms with E-state index in [9.17, 15) is 5.11 Å². The van der Waals surface area contributed by atoms with E-state index in [4.69, 9.17) is 10.5 Å². The number of nitrogens with two attached hydrogens (primary N) is 1. The SMILES string of the molecule is COc1ccccc1/C=C/[C@@H](O)CN. The summed E-state index contributed by atoms with van der Waals surface area (Å²) in [4.78, 5) is 0. The average Bonchev–Trinajstić information content (AvgIpc) is 2.26. The fraction of sp³-hybridized carbons (Fsp3) is 0.273. The highest BCUT2D eigenvalue weighted by molar-refractivity contribution is 5.57. The molecule has 1 aromatic carbocycles. The smallest absolute Gasteiger partial charge is 0.126 e. The van der Waals surface area contributed by atoms with Crippen molar-refractivity contribution in [1.29, 1.82) is 0 Å². The first kappa shape index (κ1) is 10.8. The van der Waals surface area contributed by atoms with Crippen molar-refractivity contribution in [3.8, 4) is 5.75 Å². The fourth-order valence-corrected chi connectivity index (χ4v) is 1.10. The van der Waals surface area contributed by atoms with Gasteiger partial charge in [-0.1, -0.05) is 30.4 Å². The lowest BCUT2D eigenvalue weighted by Crippen LogP contribution is -2.16. The van der Waals surface area contributed by atoms with Crippen LogP contribution >= 0.6 is 0 Å².